The molecule has 1 atom stereocenters. The van der Waals surface area contributed by atoms with Gasteiger partial charge in [0.15, 0.2) is 0 Å². The lowest BCUT2D eigenvalue weighted by Gasteiger charge is -2.22. The van der Waals surface area contributed by atoms with Gasteiger partial charge in [-0.05, 0) is 36.7 Å². The standard InChI is InChI=1S/C12H13FN2O.ClH/c13-9-1-2-11-8(5-9)7-15(12(11)16)10-3-4-14-6-10;/h1-2,5,10,14H,3-4,6-7H2;1H. The maximum absolute atomic E-state index is 13.1. The number of amides is 1. The minimum absolute atomic E-state index is 0. The Labute approximate surface area is 105 Å². The molecule has 5 heteroatoms. The summed E-state index contributed by atoms with van der Waals surface area (Å²) in [6.07, 6.45) is 0.988. The van der Waals surface area contributed by atoms with Crippen molar-refractivity contribution >= 4 is 18.3 Å². The van der Waals surface area contributed by atoms with E-state index in [4.69, 9.17) is 0 Å². The molecular weight excluding hydrogens is 243 g/mol. The van der Waals surface area contributed by atoms with Crippen molar-refractivity contribution in [2.24, 2.45) is 0 Å². The first-order valence-corrected chi connectivity index (χ1v) is 5.56. The van der Waals surface area contributed by atoms with E-state index in [9.17, 15) is 9.18 Å². The van der Waals surface area contributed by atoms with E-state index in [0.29, 0.717) is 12.1 Å². The molecule has 1 amide bonds. The lowest BCUT2D eigenvalue weighted by Crippen LogP contribution is -2.36. The van der Waals surface area contributed by atoms with Gasteiger partial charge in [0, 0.05) is 24.7 Å². The van der Waals surface area contributed by atoms with Crippen LogP contribution in [0.15, 0.2) is 18.2 Å². The summed E-state index contributed by atoms with van der Waals surface area (Å²) in [5.74, 6) is -0.221. The second-order valence-corrected chi connectivity index (χ2v) is 4.38. The quantitative estimate of drug-likeness (QED) is 0.827. The smallest absolute Gasteiger partial charge is 0.254 e. The predicted molar refractivity (Wildman–Crippen MR) is 64.8 cm³/mol. The van der Waals surface area contributed by atoms with E-state index in [1.54, 1.807) is 6.07 Å². The third-order valence-electron chi connectivity index (χ3n) is 3.37. The van der Waals surface area contributed by atoms with Crippen LogP contribution >= 0.6 is 12.4 Å². The lowest BCUT2D eigenvalue weighted by atomic mass is 10.1. The van der Waals surface area contributed by atoms with Gasteiger partial charge >= 0.3 is 0 Å². The monoisotopic (exact) mass is 256 g/mol. The Balaban J connectivity index is 0.00000108. The number of halogens is 2. The average molecular weight is 257 g/mol. The average Bonchev–Trinajstić information content (AvgIpc) is 2.86. The zero-order valence-electron chi connectivity index (χ0n) is 9.28. The van der Waals surface area contributed by atoms with Crippen molar-refractivity contribution in [2.45, 2.75) is 19.0 Å². The molecule has 3 rings (SSSR count). The summed E-state index contributed by atoms with van der Waals surface area (Å²) in [6.45, 7) is 2.36. The van der Waals surface area contributed by atoms with E-state index >= 15 is 0 Å². The van der Waals surface area contributed by atoms with Gasteiger partial charge in [-0.25, -0.2) is 4.39 Å². The van der Waals surface area contributed by atoms with Crippen LogP contribution in [0.4, 0.5) is 4.39 Å². The summed E-state index contributed by atoms with van der Waals surface area (Å²) >= 11 is 0. The molecule has 1 saturated heterocycles. The number of nitrogens with zero attached hydrogens (tertiary/aromatic N) is 1. The molecule has 1 fully saturated rings. The number of hydrogen-bond acceptors (Lipinski definition) is 2. The Morgan fingerprint density at radius 3 is 2.94 bits per heavy atom. The molecule has 1 N–H and O–H groups in total. The molecular formula is C12H14ClFN2O. The highest BCUT2D eigenvalue weighted by Crippen LogP contribution is 2.26. The molecule has 0 radical (unpaired) electrons. The molecule has 0 spiro atoms. The van der Waals surface area contributed by atoms with E-state index in [1.807, 2.05) is 4.90 Å². The molecule has 2 aliphatic rings. The van der Waals surface area contributed by atoms with E-state index in [2.05, 4.69) is 5.32 Å². The molecule has 2 aliphatic heterocycles. The van der Waals surface area contributed by atoms with Crippen LogP contribution in [0.3, 0.4) is 0 Å². The minimum Gasteiger partial charge on any atom is -0.330 e. The van der Waals surface area contributed by atoms with Crippen LogP contribution in [-0.2, 0) is 6.54 Å². The normalized spacial score (nSPS) is 22.5. The number of benzene rings is 1. The van der Waals surface area contributed by atoms with Gasteiger partial charge in [-0.3, -0.25) is 4.79 Å². The van der Waals surface area contributed by atoms with Crippen LogP contribution in [0.25, 0.3) is 0 Å². The van der Waals surface area contributed by atoms with E-state index in [-0.39, 0.29) is 30.2 Å². The molecule has 3 nitrogen and oxygen atoms in total. The fourth-order valence-electron chi connectivity index (χ4n) is 2.51. The largest absolute Gasteiger partial charge is 0.330 e. The van der Waals surface area contributed by atoms with Crippen molar-refractivity contribution in [3.63, 3.8) is 0 Å². The highest BCUT2D eigenvalue weighted by Gasteiger charge is 2.33. The Morgan fingerprint density at radius 1 is 1.41 bits per heavy atom. The fourth-order valence-corrected chi connectivity index (χ4v) is 2.51. The summed E-state index contributed by atoms with van der Waals surface area (Å²) in [6, 6.07) is 4.68. The highest BCUT2D eigenvalue weighted by atomic mass is 35.5. The number of rotatable bonds is 1. The van der Waals surface area contributed by atoms with Crippen LogP contribution in [0.1, 0.15) is 22.3 Å². The molecule has 0 aliphatic carbocycles. The first kappa shape index (κ1) is 12.3. The molecule has 2 heterocycles. The number of fused-ring (bicyclic) bond motifs is 1. The zero-order chi connectivity index (χ0) is 11.1. The summed E-state index contributed by atoms with van der Waals surface area (Å²) in [7, 11) is 0. The predicted octanol–water partition coefficient (Wildman–Crippen LogP) is 1.57. The van der Waals surface area contributed by atoms with Gasteiger partial charge in [0.05, 0.1) is 0 Å². The Morgan fingerprint density at radius 2 is 2.24 bits per heavy atom. The van der Waals surface area contributed by atoms with Crippen LogP contribution in [-0.4, -0.2) is 29.9 Å². The van der Waals surface area contributed by atoms with Gasteiger partial charge in [0.25, 0.3) is 5.91 Å². The SMILES string of the molecule is Cl.O=C1c2ccc(F)cc2CN1C1CCNC1. The Kier molecular flexibility index (Phi) is 3.35. The first-order valence-electron chi connectivity index (χ1n) is 5.56. The van der Waals surface area contributed by atoms with Crippen molar-refractivity contribution in [3.05, 3.63) is 35.1 Å². The molecule has 1 aromatic rings. The van der Waals surface area contributed by atoms with E-state index in [0.717, 1.165) is 25.1 Å². The minimum atomic E-state index is -0.266. The first-order chi connectivity index (χ1) is 7.75. The van der Waals surface area contributed by atoms with Gasteiger partial charge in [0.1, 0.15) is 5.82 Å². The van der Waals surface area contributed by atoms with Crippen LogP contribution < -0.4 is 5.32 Å². The molecule has 1 unspecified atom stereocenters. The topological polar surface area (TPSA) is 32.3 Å². The van der Waals surface area contributed by atoms with Gasteiger partial charge in [-0.2, -0.15) is 0 Å². The third kappa shape index (κ3) is 2.03. The van der Waals surface area contributed by atoms with Gasteiger partial charge < -0.3 is 10.2 Å². The van der Waals surface area contributed by atoms with Crippen molar-refractivity contribution in [1.82, 2.24) is 10.2 Å². The zero-order valence-corrected chi connectivity index (χ0v) is 10.1. The Hall–Kier alpha value is -1.13. The van der Waals surface area contributed by atoms with Crippen molar-refractivity contribution < 1.29 is 9.18 Å². The summed E-state index contributed by atoms with van der Waals surface area (Å²) in [4.78, 5) is 13.9. The summed E-state index contributed by atoms with van der Waals surface area (Å²) < 4.78 is 13.1. The Bertz CT molecular complexity index is 446. The molecule has 1 aromatic carbocycles. The fraction of sp³-hybridized carbons (Fsp3) is 0.417. The van der Waals surface area contributed by atoms with E-state index in [1.165, 1.54) is 12.1 Å². The molecule has 92 valence electrons. The van der Waals surface area contributed by atoms with Crippen LogP contribution in [0, 0.1) is 5.82 Å². The number of carbonyl (C=O) groups is 1. The second kappa shape index (κ2) is 4.63. The number of carbonyl (C=O) groups excluding carboxylic acids is 1. The van der Waals surface area contributed by atoms with Crippen molar-refractivity contribution in [1.29, 1.82) is 0 Å². The second-order valence-electron chi connectivity index (χ2n) is 4.38. The maximum Gasteiger partial charge on any atom is 0.254 e. The van der Waals surface area contributed by atoms with Gasteiger partial charge in [-0.15, -0.1) is 12.4 Å². The lowest BCUT2D eigenvalue weighted by molar-refractivity contribution is 0.0717. The summed E-state index contributed by atoms with van der Waals surface area (Å²) in [5.41, 5.74) is 1.48. The van der Waals surface area contributed by atoms with Gasteiger partial charge in [-0.1, -0.05) is 0 Å². The third-order valence-corrected chi connectivity index (χ3v) is 3.37. The van der Waals surface area contributed by atoms with Crippen LogP contribution in [0.5, 0.6) is 0 Å². The summed E-state index contributed by atoms with van der Waals surface area (Å²) in [5, 5.41) is 3.24. The van der Waals surface area contributed by atoms with Crippen molar-refractivity contribution in [2.75, 3.05) is 13.1 Å². The van der Waals surface area contributed by atoms with Crippen LogP contribution in [0.2, 0.25) is 0 Å². The van der Waals surface area contributed by atoms with Crippen molar-refractivity contribution in [3.8, 4) is 0 Å². The number of nitrogens with one attached hydrogen (secondary N) is 1. The maximum atomic E-state index is 13.1. The molecule has 17 heavy (non-hydrogen) atoms. The van der Waals surface area contributed by atoms with E-state index < -0.39 is 0 Å². The van der Waals surface area contributed by atoms with Gasteiger partial charge in [0.2, 0.25) is 0 Å². The molecule has 0 bridgehead atoms. The highest BCUT2D eigenvalue weighted by molar-refractivity contribution is 5.98. The molecule has 0 saturated carbocycles. The number of hydrogen-bond donors (Lipinski definition) is 1. The molecule has 0 aromatic heterocycles.